The van der Waals surface area contributed by atoms with Gasteiger partial charge in [0.15, 0.2) is 0 Å². The van der Waals surface area contributed by atoms with Crippen molar-refractivity contribution in [2.75, 3.05) is 31.5 Å². The number of piperazine rings is 1. The van der Waals surface area contributed by atoms with Crippen LogP contribution >= 0.6 is 0 Å². The summed E-state index contributed by atoms with van der Waals surface area (Å²) >= 11 is 0. The molecule has 6 heteroatoms. The molecule has 1 aliphatic rings. The monoisotopic (exact) mass is 435 g/mol. The molecule has 1 aliphatic heterocycles. The topological polar surface area (TPSA) is 61.7 Å². The number of rotatable bonds is 4. The zero-order chi connectivity index (χ0) is 22.5. The molecule has 2 N–H and O–H groups in total. The molecule has 2 aromatic heterocycles. The van der Waals surface area contributed by atoms with Crippen LogP contribution in [0.3, 0.4) is 0 Å². The first-order valence-corrected chi connectivity index (χ1v) is 11.1. The fourth-order valence-corrected chi connectivity index (χ4v) is 3.92. The van der Waals surface area contributed by atoms with E-state index >= 15 is 0 Å². The summed E-state index contributed by atoms with van der Waals surface area (Å²) < 4.78 is 1.94. The lowest BCUT2D eigenvalue weighted by molar-refractivity contribution is 0.102. The number of aromatic nitrogens is 2. The number of imidazole rings is 1. The average molecular weight is 436 g/mol. The molecule has 4 aromatic rings. The van der Waals surface area contributed by atoms with E-state index < -0.39 is 0 Å². The minimum atomic E-state index is -0.150. The Morgan fingerprint density at radius 2 is 1.85 bits per heavy atom. The van der Waals surface area contributed by atoms with Gasteiger partial charge in [-0.05, 0) is 53.9 Å². The highest BCUT2D eigenvalue weighted by Crippen LogP contribution is 2.14. The minimum Gasteiger partial charge on any atom is -0.322 e. The van der Waals surface area contributed by atoms with Gasteiger partial charge in [-0.25, -0.2) is 4.98 Å². The second-order valence-electron chi connectivity index (χ2n) is 8.08. The lowest BCUT2D eigenvalue weighted by atomic mass is 10.1. The van der Waals surface area contributed by atoms with Crippen LogP contribution < -0.4 is 10.6 Å². The summed E-state index contributed by atoms with van der Waals surface area (Å²) in [6.45, 7) is 5.14. The third kappa shape index (κ3) is 5.12. The smallest absolute Gasteiger partial charge is 0.255 e. The molecule has 3 heterocycles. The fourth-order valence-electron chi connectivity index (χ4n) is 3.92. The summed E-state index contributed by atoms with van der Waals surface area (Å²) in [4.78, 5) is 19.6. The summed E-state index contributed by atoms with van der Waals surface area (Å²) in [5.41, 5.74) is 5.05. The highest BCUT2D eigenvalue weighted by molar-refractivity contribution is 6.04. The molecule has 0 unspecified atom stereocenters. The summed E-state index contributed by atoms with van der Waals surface area (Å²) in [7, 11) is 0. The predicted octanol–water partition coefficient (Wildman–Crippen LogP) is 3.39. The predicted molar refractivity (Wildman–Crippen MR) is 130 cm³/mol. The molecule has 6 nitrogen and oxygen atoms in total. The Morgan fingerprint density at radius 3 is 2.70 bits per heavy atom. The maximum absolute atomic E-state index is 12.8. The van der Waals surface area contributed by atoms with Crippen molar-refractivity contribution in [1.82, 2.24) is 19.6 Å². The van der Waals surface area contributed by atoms with E-state index in [0.717, 1.165) is 55.3 Å². The molecule has 5 rings (SSSR count). The number of fused-ring (bicyclic) bond motifs is 1. The van der Waals surface area contributed by atoms with Gasteiger partial charge in [0.2, 0.25) is 0 Å². The third-order valence-corrected chi connectivity index (χ3v) is 5.70. The van der Waals surface area contributed by atoms with Crippen molar-refractivity contribution in [3.63, 3.8) is 0 Å². The lowest BCUT2D eigenvalue weighted by Crippen LogP contribution is -2.42. The van der Waals surface area contributed by atoms with Crippen LogP contribution in [0.1, 0.15) is 27.2 Å². The molecule has 164 valence electrons. The Morgan fingerprint density at radius 1 is 1.00 bits per heavy atom. The van der Waals surface area contributed by atoms with E-state index in [1.807, 2.05) is 59.1 Å². The van der Waals surface area contributed by atoms with Gasteiger partial charge in [0.25, 0.3) is 5.91 Å². The number of benzene rings is 2. The second kappa shape index (κ2) is 9.70. The van der Waals surface area contributed by atoms with Gasteiger partial charge in [0.1, 0.15) is 11.3 Å². The molecule has 2 aromatic carbocycles. The van der Waals surface area contributed by atoms with E-state index in [0.29, 0.717) is 5.56 Å². The molecule has 0 bridgehead atoms. The number of nitrogens with zero attached hydrogens (tertiary/aromatic N) is 3. The van der Waals surface area contributed by atoms with Crippen LogP contribution in [0.4, 0.5) is 5.69 Å². The summed E-state index contributed by atoms with van der Waals surface area (Å²) in [5, 5.41) is 6.36. The van der Waals surface area contributed by atoms with Crippen molar-refractivity contribution in [2.24, 2.45) is 0 Å². The zero-order valence-electron chi connectivity index (χ0n) is 18.3. The number of pyridine rings is 1. The van der Waals surface area contributed by atoms with E-state index in [9.17, 15) is 4.79 Å². The highest BCUT2D eigenvalue weighted by Gasteiger charge is 2.10. The molecule has 0 saturated carbocycles. The Kier molecular flexibility index (Phi) is 6.16. The quantitative estimate of drug-likeness (QED) is 0.483. The molecule has 0 atom stereocenters. The summed E-state index contributed by atoms with van der Waals surface area (Å²) in [5.74, 6) is 6.15. The highest BCUT2D eigenvalue weighted by atomic mass is 16.1. The lowest BCUT2D eigenvalue weighted by Gasteiger charge is -2.27. The van der Waals surface area contributed by atoms with Crippen LogP contribution in [-0.4, -0.2) is 46.4 Å². The zero-order valence-corrected chi connectivity index (χ0v) is 18.3. The van der Waals surface area contributed by atoms with Crippen molar-refractivity contribution in [2.45, 2.75) is 6.54 Å². The van der Waals surface area contributed by atoms with Crippen molar-refractivity contribution in [3.05, 3.63) is 102 Å². The largest absolute Gasteiger partial charge is 0.322 e. The number of carbonyl (C=O) groups is 1. The van der Waals surface area contributed by atoms with Gasteiger partial charge in [0.05, 0.1) is 6.20 Å². The van der Waals surface area contributed by atoms with Gasteiger partial charge >= 0.3 is 0 Å². The Bertz CT molecular complexity index is 1320. The first-order chi connectivity index (χ1) is 16.2. The van der Waals surface area contributed by atoms with E-state index in [1.54, 1.807) is 12.3 Å². The van der Waals surface area contributed by atoms with Crippen LogP contribution in [0.5, 0.6) is 0 Å². The Balaban J connectivity index is 1.25. The number of hydrogen-bond donors (Lipinski definition) is 2. The van der Waals surface area contributed by atoms with Crippen molar-refractivity contribution in [1.29, 1.82) is 0 Å². The number of anilines is 1. The van der Waals surface area contributed by atoms with Gasteiger partial charge in [0, 0.05) is 55.7 Å². The Labute approximate surface area is 193 Å². The second-order valence-corrected chi connectivity index (χ2v) is 8.08. The summed E-state index contributed by atoms with van der Waals surface area (Å²) in [6.07, 6.45) is 3.69. The first kappa shape index (κ1) is 21.0. The van der Waals surface area contributed by atoms with Crippen LogP contribution in [0.15, 0.2) is 79.1 Å². The molecular formula is C27H25N5O. The van der Waals surface area contributed by atoms with Gasteiger partial charge < -0.3 is 10.6 Å². The van der Waals surface area contributed by atoms with E-state index in [1.165, 1.54) is 5.56 Å². The number of carbonyl (C=O) groups excluding carboxylic acids is 1. The molecule has 1 saturated heterocycles. The molecule has 0 spiro atoms. The standard InChI is InChI=1S/C27H25N5O/c33-27(30-24-10-7-22(8-11-24)20-31-16-13-28-14-17-31)23-5-3-4-21(18-23)9-12-25-19-29-26-6-1-2-15-32(25)26/h1-8,10-11,15,18-19,28H,13-14,16-17,20H2,(H,30,33). The minimum absolute atomic E-state index is 0.150. The fraction of sp³-hybridized carbons (Fsp3) is 0.185. The van der Waals surface area contributed by atoms with Crippen LogP contribution in [0.25, 0.3) is 5.65 Å². The van der Waals surface area contributed by atoms with Crippen molar-refractivity contribution >= 4 is 17.2 Å². The van der Waals surface area contributed by atoms with Crippen molar-refractivity contribution in [3.8, 4) is 11.8 Å². The SMILES string of the molecule is O=C(Nc1ccc(CN2CCNCC2)cc1)c1cccc(C#Cc2cnc3ccccn23)c1. The van der Waals surface area contributed by atoms with Gasteiger partial charge in [-0.1, -0.05) is 30.2 Å². The molecule has 33 heavy (non-hydrogen) atoms. The van der Waals surface area contributed by atoms with Gasteiger partial charge in [-0.3, -0.25) is 14.1 Å². The molecule has 1 amide bonds. The molecular weight excluding hydrogens is 410 g/mol. The van der Waals surface area contributed by atoms with Crippen LogP contribution in [-0.2, 0) is 6.54 Å². The van der Waals surface area contributed by atoms with Crippen LogP contribution in [0.2, 0.25) is 0 Å². The molecule has 0 aliphatic carbocycles. The Hall–Kier alpha value is -3.92. The molecule has 1 fully saturated rings. The average Bonchev–Trinajstić information content (AvgIpc) is 3.28. The first-order valence-electron chi connectivity index (χ1n) is 11.1. The van der Waals surface area contributed by atoms with Crippen molar-refractivity contribution < 1.29 is 4.79 Å². The maximum Gasteiger partial charge on any atom is 0.255 e. The van der Waals surface area contributed by atoms with E-state index in [4.69, 9.17) is 0 Å². The number of nitrogens with one attached hydrogen (secondary N) is 2. The number of hydrogen-bond acceptors (Lipinski definition) is 4. The third-order valence-electron chi connectivity index (χ3n) is 5.70. The van der Waals surface area contributed by atoms with Crippen LogP contribution in [0, 0.1) is 11.8 Å². The normalized spacial score (nSPS) is 13.9. The van der Waals surface area contributed by atoms with E-state index in [-0.39, 0.29) is 5.91 Å². The molecule has 0 radical (unpaired) electrons. The summed E-state index contributed by atoms with van der Waals surface area (Å²) in [6, 6.07) is 21.3. The van der Waals surface area contributed by atoms with Gasteiger partial charge in [-0.2, -0.15) is 0 Å². The number of amides is 1. The van der Waals surface area contributed by atoms with Gasteiger partial charge in [-0.15, -0.1) is 0 Å². The maximum atomic E-state index is 12.8. The van der Waals surface area contributed by atoms with E-state index in [2.05, 4.69) is 44.5 Å².